The van der Waals surface area contributed by atoms with Crippen LogP contribution in [-0.4, -0.2) is 37.1 Å². The molecule has 1 unspecified atom stereocenters. The van der Waals surface area contributed by atoms with Gasteiger partial charge in [-0.1, -0.05) is 34.5 Å². The van der Waals surface area contributed by atoms with E-state index in [9.17, 15) is 0 Å². The summed E-state index contributed by atoms with van der Waals surface area (Å²) in [4.78, 5) is 5.29. The molecule has 19 heavy (non-hydrogen) atoms. The Morgan fingerprint density at radius 1 is 1.21 bits per heavy atom. The molecule has 1 atom stereocenters. The van der Waals surface area contributed by atoms with Gasteiger partial charge in [0.25, 0.3) is 0 Å². The number of rotatable bonds is 2. The van der Waals surface area contributed by atoms with Gasteiger partial charge in [-0.3, -0.25) is 4.90 Å². The van der Waals surface area contributed by atoms with E-state index in [-0.39, 0.29) is 0 Å². The van der Waals surface area contributed by atoms with Crippen molar-refractivity contribution in [3.05, 3.63) is 29.3 Å². The van der Waals surface area contributed by atoms with E-state index in [0.29, 0.717) is 0 Å². The fourth-order valence-corrected chi connectivity index (χ4v) is 3.88. The van der Waals surface area contributed by atoms with Crippen LogP contribution >= 0.6 is 15.9 Å². The molecule has 0 spiro atoms. The summed E-state index contributed by atoms with van der Waals surface area (Å²) in [5.41, 5.74) is 4.23. The first-order valence-corrected chi connectivity index (χ1v) is 8.54. The van der Waals surface area contributed by atoms with Gasteiger partial charge in [-0.05, 0) is 43.5 Å². The van der Waals surface area contributed by atoms with Crippen molar-refractivity contribution >= 4 is 21.6 Å². The van der Waals surface area contributed by atoms with Crippen LogP contribution < -0.4 is 4.90 Å². The molecule has 3 heteroatoms. The monoisotopic (exact) mass is 322 g/mol. The number of hydrogen-bond acceptors (Lipinski definition) is 2. The highest BCUT2D eigenvalue weighted by Gasteiger charge is 2.29. The summed E-state index contributed by atoms with van der Waals surface area (Å²) in [5, 5.41) is 0.949. The SMILES string of the molecule is Cc1cc(CBr)ccc1N1CCN2CCCCC2C1. The zero-order chi connectivity index (χ0) is 13.2. The summed E-state index contributed by atoms with van der Waals surface area (Å²) in [6.07, 6.45) is 4.20. The molecule has 2 nitrogen and oxygen atoms in total. The summed E-state index contributed by atoms with van der Waals surface area (Å²) < 4.78 is 0. The van der Waals surface area contributed by atoms with E-state index in [4.69, 9.17) is 0 Å². The molecule has 0 aliphatic carbocycles. The van der Waals surface area contributed by atoms with Crippen LogP contribution in [0, 0.1) is 6.92 Å². The van der Waals surface area contributed by atoms with E-state index in [1.54, 1.807) is 0 Å². The smallest absolute Gasteiger partial charge is 0.0397 e. The van der Waals surface area contributed by atoms with Crippen LogP contribution in [0.5, 0.6) is 0 Å². The van der Waals surface area contributed by atoms with Crippen LogP contribution in [-0.2, 0) is 5.33 Å². The number of alkyl halides is 1. The van der Waals surface area contributed by atoms with Crippen molar-refractivity contribution in [2.75, 3.05) is 31.1 Å². The predicted molar refractivity (Wildman–Crippen MR) is 85.2 cm³/mol. The lowest BCUT2D eigenvalue weighted by atomic mass is 9.98. The molecule has 104 valence electrons. The third kappa shape index (κ3) is 2.82. The fourth-order valence-electron chi connectivity index (χ4n) is 3.53. The van der Waals surface area contributed by atoms with Crippen LogP contribution in [0.25, 0.3) is 0 Å². The van der Waals surface area contributed by atoms with Crippen molar-refractivity contribution in [1.29, 1.82) is 0 Å². The first kappa shape index (κ1) is 13.4. The van der Waals surface area contributed by atoms with Gasteiger partial charge in [0.15, 0.2) is 0 Å². The van der Waals surface area contributed by atoms with Gasteiger partial charge in [0.1, 0.15) is 0 Å². The minimum absolute atomic E-state index is 0.790. The molecule has 2 heterocycles. The van der Waals surface area contributed by atoms with Crippen LogP contribution in [0.4, 0.5) is 5.69 Å². The van der Waals surface area contributed by atoms with Crippen LogP contribution in [0.3, 0.4) is 0 Å². The molecule has 1 aromatic rings. The minimum atomic E-state index is 0.790. The Balaban J connectivity index is 1.75. The van der Waals surface area contributed by atoms with Gasteiger partial charge in [-0.15, -0.1) is 0 Å². The van der Waals surface area contributed by atoms with Crippen molar-refractivity contribution < 1.29 is 0 Å². The molecule has 2 fully saturated rings. The lowest BCUT2D eigenvalue weighted by Gasteiger charge is -2.45. The maximum absolute atomic E-state index is 3.54. The molecule has 2 saturated heterocycles. The van der Waals surface area contributed by atoms with Gasteiger partial charge < -0.3 is 4.90 Å². The Morgan fingerprint density at radius 2 is 2.11 bits per heavy atom. The highest BCUT2D eigenvalue weighted by molar-refractivity contribution is 9.08. The maximum Gasteiger partial charge on any atom is 0.0397 e. The zero-order valence-corrected chi connectivity index (χ0v) is 13.3. The molecule has 3 rings (SSSR count). The molecule has 0 radical (unpaired) electrons. The van der Waals surface area contributed by atoms with E-state index in [1.807, 2.05) is 0 Å². The number of anilines is 1. The predicted octanol–water partition coefficient (Wildman–Crippen LogP) is 3.56. The third-order valence-electron chi connectivity index (χ3n) is 4.59. The average Bonchev–Trinajstić information content (AvgIpc) is 2.46. The van der Waals surface area contributed by atoms with Crippen molar-refractivity contribution in [1.82, 2.24) is 4.90 Å². The number of nitrogens with zero attached hydrogens (tertiary/aromatic N) is 2. The number of benzene rings is 1. The van der Waals surface area contributed by atoms with Gasteiger partial charge in [0.05, 0.1) is 0 Å². The van der Waals surface area contributed by atoms with E-state index in [2.05, 4.69) is 50.9 Å². The van der Waals surface area contributed by atoms with E-state index in [0.717, 1.165) is 11.4 Å². The maximum atomic E-state index is 3.54. The van der Waals surface area contributed by atoms with Gasteiger partial charge in [-0.25, -0.2) is 0 Å². The minimum Gasteiger partial charge on any atom is -0.368 e. The second-order valence-corrected chi connectivity index (χ2v) is 6.45. The summed E-state index contributed by atoms with van der Waals surface area (Å²) in [7, 11) is 0. The number of halogens is 1. The molecule has 0 saturated carbocycles. The molecular formula is C16H23BrN2. The van der Waals surface area contributed by atoms with Crippen LogP contribution in [0.1, 0.15) is 30.4 Å². The molecule has 0 bridgehead atoms. The van der Waals surface area contributed by atoms with Crippen molar-refractivity contribution in [2.45, 2.75) is 37.6 Å². The zero-order valence-electron chi connectivity index (χ0n) is 11.7. The second kappa shape index (κ2) is 5.84. The topological polar surface area (TPSA) is 6.48 Å². The van der Waals surface area contributed by atoms with Crippen LogP contribution in [0.2, 0.25) is 0 Å². The van der Waals surface area contributed by atoms with E-state index in [1.165, 1.54) is 62.3 Å². The van der Waals surface area contributed by atoms with Gasteiger partial charge >= 0.3 is 0 Å². The number of piperidine rings is 1. The third-order valence-corrected chi connectivity index (χ3v) is 5.24. The normalized spacial score (nSPS) is 24.3. The second-order valence-electron chi connectivity index (χ2n) is 5.89. The molecule has 0 aromatic heterocycles. The highest BCUT2D eigenvalue weighted by atomic mass is 79.9. The molecule has 2 aliphatic heterocycles. The summed E-state index contributed by atoms with van der Waals surface area (Å²) in [6.45, 7) is 7.21. The first-order chi connectivity index (χ1) is 9.28. The highest BCUT2D eigenvalue weighted by Crippen LogP contribution is 2.28. The number of fused-ring (bicyclic) bond motifs is 1. The summed E-state index contributed by atoms with van der Waals surface area (Å²) in [6, 6.07) is 7.67. The Labute approximate surface area is 124 Å². The molecule has 2 aliphatic rings. The number of hydrogen-bond donors (Lipinski definition) is 0. The average molecular weight is 323 g/mol. The molecule has 1 aromatic carbocycles. The lowest BCUT2D eigenvalue weighted by molar-refractivity contribution is 0.133. The van der Waals surface area contributed by atoms with Crippen molar-refractivity contribution in [2.24, 2.45) is 0 Å². The number of aryl methyl sites for hydroxylation is 1. The Hall–Kier alpha value is -0.540. The molecule has 0 N–H and O–H groups in total. The Morgan fingerprint density at radius 3 is 2.89 bits per heavy atom. The van der Waals surface area contributed by atoms with E-state index < -0.39 is 0 Å². The molecular weight excluding hydrogens is 300 g/mol. The van der Waals surface area contributed by atoms with Gasteiger partial charge in [-0.2, -0.15) is 0 Å². The number of piperazine rings is 1. The summed E-state index contributed by atoms with van der Waals surface area (Å²) in [5.74, 6) is 0. The van der Waals surface area contributed by atoms with Crippen LogP contribution in [0.15, 0.2) is 18.2 Å². The quantitative estimate of drug-likeness (QED) is 0.768. The van der Waals surface area contributed by atoms with Crippen molar-refractivity contribution in [3.8, 4) is 0 Å². The largest absolute Gasteiger partial charge is 0.368 e. The lowest BCUT2D eigenvalue weighted by Crippen LogP contribution is -2.55. The fraction of sp³-hybridized carbons (Fsp3) is 0.625. The standard InChI is InChI=1S/C16H23BrN2/c1-13-10-14(11-17)5-6-16(13)19-9-8-18-7-3-2-4-15(18)12-19/h5-6,10,15H,2-4,7-9,11-12H2,1H3. The Kier molecular flexibility index (Phi) is 4.13. The van der Waals surface area contributed by atoms with Gasteiger partial charge in [0.2, 0.25) is 0 Å². The van der Waals surface area contributed by atoms with Crippen molar-refractivity contribution in [3.63, 3.8) is 0 Å². The first-order valence-electron chi connectivity index (χ1n) is 7.42. The molecule has 0 amide bonds. The summed E-state index contributed by atoms with van der Waals surface area (Å²) >= 11 is 3.54. The van der Waals surface area contributed by atoms with E-state index >= 15 is 0 Å². The van der Waals surface area contributed by atoms with Gasteiger partial charge in [0, 0.05) is 36.7 Å². The Bertz CT molecular complexity index is 446.